The van der Waals surface area contributed by atoms with Crippen molar-refractivity contribution >= 4 is 35.0 Å². The van der Waals surface area contributed by atoms with Crippen LogP contribution in [0, 0.1) is 10.1 Å². The Kier molecular flexibility index (Phi) is 4.35. The van der Waals surface area contributed by atoms with Crippen molar-refractivity contribution < 1.29 is 19.6 Å². The normalized spacial score (nSPS) is 22.8. The predicted molar refractivity (Wildman–Crippen MR) is 89.5 cm³/mol. The Morgan fingerprint density at radius 3 is 2.67 bits per heavy atom. The van der Waals surface area contributed by atoms with Crippen LogP contribution in [0.3, 0.4) is 0 Å². The fourth-order valence-electron chi connectivity index (χ4n) is 2.57. The summed E-state index contributed by atoms with van der Waals surface area (Å²) in [6.45, 7) is 0. The largest absolute Gasteiger partial charge is 0.479 e. The molecule has 0 bridgehead atoms. The topological polar surface area (TPSA) is 122 Å². The van der Waals surface area contributed by atoms with E-state index in [-0.39, 0.29) is 23.0 Å². The first-order valence-corrected chi connectivity index (χ1v) is 8.75. The van der Waals surface area contributed by atoms with Crippen LogP contribution in [0.5, 0.6) is 0 Å². The molecule has 3 rings (SSSR count). The van der Waals surface area contributed by atoms with Gasteiger partial charge in [0.25, 0.3) is 11.6 Å². The number of anilines is 1. The van der Waals surface area contributed by atoms with Crippen LogP contribution in [-0.2, 0) is 4.79 Å². The summed E-state index contributed by atoms with van der Waals surface area (Å²) in [6, 6.07) is 4.42. The number of carbonyl (C=O) groups excluding carboxylic acids is 1. The van der Waals surface area contributed by atoms with Gasteiger partial charge in [0.15, 0.2) is 0 Å². The molecule has 1 aromatic rings. The van der Waals surface area contributed by atoms with Gasteiger partial charge in [-0.1, -0.05) is 0 Å². The summed E-state index contributed by atoms with van der Waals surface area (Å²) in [7, 11) is 0. The number of hydrogen-bond donors (Lipinski definition) is 3. The Bertz CT molecular complexity index is 698. The van der Waals surface area contributed by atoms with Crippen molar-refractivity contribution in [1.82, 2.24) is 5.32 Å². The number of amides is 1. The monoisotopic (exact) mass is 351 g/mol. The van der Waals surface area contributed by atoms with E-state index < -0.39 is 22.3 Å². The molecule has 1 heterocycles. The summed E-state index contributed by atoms with van der Waals surface area (Å²) in [5.74, 6) is -0.752. The third-order valence-electron chi connectivity index (χ3n) is 4.18. The standard InChI is InChI=1S/C15H17N3O5S/c19-13(17-15(14(20)21)5-6-24-8-15)9-1-4-11(16-10-2-3-10)12(7-9)18(22)23/h1,4,7,10,16H,2-3,5-6,8H2,(H,17,19)(H,20,21). The van der Waals surface area contributed by atoms with E-state index in [9.17, 15) is 24.8 Å². The van der Waals surface area contributed by atoms with Gasteiger partial charge in [0.2, 0.25) is 0 Å². The summed E-state index contributed by atoms with van der Waals surface area (Å²) >= 11 is 1.46. The lowest BCUT2D eigenvalue weighted by Gasteiger charge is -2.24. The van der Waals surface area contributed by atoms with Gasteiger partial charge in [0, 0.05) is 23.4 Å². The molecule has 1 aliphatic carbocycles. The van der Waals surface area contributed by atoms with E-state index in [2.05, 4.69) is 10.6 Å². The van der Waals surface area contributed by atoms with Crippen LogP contribution in [0.4, 0.5) is 11.4 Å². The highest BCUT2D eigenvalue weighted by atomic mass is 32.2. The van der Waals surface area contributed by atoms with Crippen molar-refractivity contribution in [2.45, 2.75) is 30.8 Å². The number of benzene rings is 1. The molecule has 0 radical (unpaired) electrons. The van der Waals surface area contributed by atoms with Gasteiger partial charge in [-0.15, -0.1) is 0 Å². The lowest BCUT2D eigenvalue weighted by atomic mass is 9.98. The lowest BCUT2D eigenvalue weighted by molar-refractivity contribution is -0.384. The Morgan fingerprint density at radius 2 is 2.12 bits per heavy atom. The van der Waals surface area contributed by atoms with Crippen molar-refractivity contribution in [1.29, 1.82) is 0 Å². The van der Waals surface area contributed by atoms with Gasteiger partial charge >= 0.3 is 5.97 Å². The van der Waals surface area contributed by atoms with Gasteiger partial charge in [-0.25, -0.2) is 4.79 Å². The van der Waals surface area contributed by atoms with Crippen LogP contribution < -0.4 is 10.6 Å². The van der Waals surface area contributed by atoms with Gasteiger partial charge in [-0.05, 0) is 37.1 Å². The van der Waals surface area contributed by atoms with Gasteiger partial charge in [0.05, 0.1) is 4.92 Å². The van der Waals surface area contributed by atoms with Crippen molar-refractivity contribution in [3.8, 4) is 0 Å². The SMILES string of the molecule is O=C(NC1(C(=O)O)CCSC1)c1ccc(NC2CC2)c([N+](=O)[O-])c1. The van der Waals surface area contributed by atoms with Crippen LogP contribution in [0.2, 0.25) is 0 Å². The molecule has 1 atom stereocenters. The molecule has 1 unspecified atom stereocenters. The minimum absolute atomic E-state index is 0.0839. The summed E-state index contributed by atoms with van der Waals surface area (Å²) in [5, 5.41) is 26.3. The highest BCUT2D eigenvalue weighted by Gasteiger charge is 2.43. The minimum atomic E-state index is -1.30. The zero-order valence-electron chi connectivity index (χ0n) is 12.8. The molecule has 1 aliphatic heterocycles. The highest BCUT2D eigenvalue weighted by Crippen LogP contribution is 2.32. The van der Waals surface area contributed by atoms with Gasteiger partial charge in [-0.3, -0.25) is 14.9 Å². The number of rotatable bonds is 6. The predicted octanol–water partition coefficient (Wildman–Crippen LogP) is 1.86. The van der Waals surface area contributed by atoms with Crippen LogP contribution >= 0.6 is 11.8 Å². The van der Waals surface area contributed by atoms with Gasteiger partial charge in [0.1, 0.15) is 11.2 Å². The molecule has 8 nitrogen and oxygen atoms in total. The first kappa shape index (κ1) is 16.6. The maximum Gasteiger partial charge on any atom is 0.330 e. The lowest BCUT2D eigenvalue weighted by Crippen LogP contribution is -2.54. The molecule has 1 aromatic carbocycles. The number of nitrogens with one attached hydrogen (secondary N) is 2. The molecule has 1 amide bonds. The first-order valence-electron chi connectivity index (χ1n) is 7.60. The van der Waals surface area contributed by atoms with E-state index in [1.807, 2.05) is 0 Å². The second-order valence-corrected chi connectivity index (χ2v) is 7.16. The van der Waals surface area contributed by atoms with Crippen molar-refractivity contribution in [2.75, 3.05) is 16.8 Å². The molecule has 1 saturated carbocycles. The van der Waals surface area contributed by atoms with Gasteiger partial charge < -0.3 is 15.7 Å². The molecular formula is C15H17N3O5S. The van der Waals surface area contributed by atoms with Crippen molar-refractivity contribution in [3.63, 3.8) is 0 Å². The average Bonchev–Trinajstić information content (AvgIpc) is 3.22. The third kappa shape index (κ3) is 3.30. The fraction of sp³-hybridized carbons (Fsp3) is 0.467. The summed E-state index contributed by atoms with van der Waals surface area (Å²) in [6.07, 6.45) is 2.28. The second kappa shape index (κ2) is 6.31. The quantitative estimate of drug-likeness (QED) is 0.528. The average molecular weight is 351 g/mol. The van der Waals surface area contributed by atoms with E-state index >= 15 is 0 Å². The van der Waals surface area contributed by atoms with E-state index in [4.69, 9.17) is 0 Å². The molecule has 0 aromatic heterocycles. The Labute approximate surface area is 142 Å². The number of carboxylic acids is 1. The summed E-state index contributed by atoms with van der Waals surface area (Å²) in [5.41, 5.74) is -1.02. The van der Waals surface area contributed by atoms with Crippen LogP contribution in [0.25, 0.3) is 0 Å². The summed E-state index contributed by atoms with van der Waals surface area (Å²) < 4.78 is 0. The van der Waals surface area contributed by atoms with E-state index in [1.165, 1.54) is 30.0 Å². The Balaban J connectivity index is 1.82. The number of carbonyl (C=O) groups is 2. The molecule has 3 N–H and O–H groups in total. The second-order valence-electron chi connectivity index (χ2n) is 6.05. The number of hydrogen-bond acceptors (Lipinski definition) is 6. The number of aliphatic carboxylic acids is 1. The number of thioether (sulfide) groups is 1. The zero-order chi connectivity index (χ0) is 17.3. The number of nitro benzene ring substituents is 1. The first-order chi connectivity index (χ1) is 11.4. The van der Waals surface area contributed by atoms with E-state index in [0.29, 0.717) is 17.9 Å². The fourth-order valence-corrected chi connectivity index (χ4v) is 3.89. The van der Waals surface area contributed by atoms with Crippen LogP contribution in [-0.4, -0.2) is 45.0 Å². The van der Waals surface area contributed by atoms with E-state index in [1.54, 1.807) is 0 Å². The Hall–Kier alpha value is -2.29. The van der Waals surface area contributed by atoms with Crippen molar-refractivity contribution in [3.05, 3.63) is 33.9 Å². The third-order valence-corrected chi connectivity index (χ3v) is 5.37. The number of nitrogens with zero attached hydrogens (tertiary/aromatic N) is 1. The van der Waals surface area contributed by atoms with Crippen LogP contribution in [0.1, 0.15) is 29.6 Å². The minimum Gasteiger partial charge on any atom is -0.479 e. The molecule has 2 aliphatic rings. The molecular weight excluding hydrogens is 334 g/mol. The molecule has 24 heavy (non-hydrogen) atoms. The molecule has 128 valence electrons. The van der Waals surface area contributed by atoms with Crippen molar-refractivity contribution in [2.24, 2.45) is 0 Å². The van der Waals surface area contributed by atoms with Gasteiger partial charge in [-0.2, -0.15) is 11.8 Å². The maximum absolute atomic E-state index is 12.4. The molecule has 1 saturated heterocycles. The Morgan fingerprint density at radius 1 is 1.38 bits per heavy atom. The molecule has 9 heteroatoms. The number of nitro groups is 1. The highest BCUT2D eigenvalue weighted by molar-refractivity contribution is 7.99. The maximum atomic E-state index is 12.4. The summed E-state index contributed by atoms with van der Waals surface area (Å²) in [4.78, 5) is 34.6. The van der Waals surface area contributed by atoms with Crippen LogP contribution in [0.15, 0.2) is 18.2 Å². The number of carboxylic acid groups (broad SMARTS) is 1. The zero-order valence-corrected chi connectivity index (χ0v) is 13.6. The smallest absolute Gasteiger partial charge is 0.330 e. The van der Waals surface area contributed by atoms with E-state index in [0.717, 1.165) is 12.8 Å². The molecule has 0 spiro atoms. The molecule has 2 fully saturated rings.